The molecule has 0 unspecified atom stereocenters. The number of carbonyl (C=O) groups excluding carboxylic acids is 1. The number of nitrogens with one attached hydrogen (secondary N) is 1. The first-order chi connectivity index (χ1) is 21.5. The van der Waals surface area contributed by atoms with Crippen LogP contribution >= 0.6 is 0 Å². The van der Waals surface area contributed by atoms with Crippen molar-refractivity contribution in [3.05, 3.63) is 112 Å². The lowest BCUT2D eigenvalue weighted by Crippen LogP contribution is -2.18. The highest BCUT2D eigenvalue weighted by atomic mass is 16.1. The lowest BCUT2D eigenvalue weighted by Gasteiger charge is -2.17. The highest BCUT2D eigenvalue weighted by Crippen LogP contribution is 2.37. The number of hydrogen-bond donors (Lipinski definition) is 1. The fraction of sp³-hybridized carbons (Fsp3) is 0.216. The van der Waals surface area contributed by atoms with Gasteiger partial charge in [0.2, 0.25) is 0 Å². The van der Waals surface area contributed by atoms with E-state index in [1.54, 1.807) is 12.1 Å². The number of nitrogens with zero attached hydrogens (tertiary/aromatic N) is 5. The summed E-state index contributed by atoms with van der Waals surface area (Å²) in [7, 11) is 0. The molecule has 7 rings (SSSR count). The molecule has 0 radical (unpaired) electrons. The molecule has 0 amide bonds. The van der Waals surface area contributed by atoms with Gasteiger partial charge in [-0.2, -0.15) is 5.26 Å². The van der Waals surface area contributed by atoms with E-state index >= 15 is 0 Å². The molecule has 216 valence electrons. The van der Waals surface area contributed by atoms with E-state index in [9.17, 15) is 10.1 Å². The standard InChI is InChI=1S/C37H32N6O/c1-23-29(7-5-9-31(23)35-18-32-28(19-38)15-25(22-44)17-34(32)41-35)30-8-6-10-33(24(30)2)42-37-36-27(11-12-39-37)16-26(20-40-36)21-43-13-3-4-14-43/h5-12,15-17,20,22H,3-4,13-14,18,21H2,1-2H3,(H,39,42). The molecule has 0 atom stereocenters. The number of fused-ring (bicyclic) bond motifs is 2. The summed E-state index contributed by atoms with van der Waals surface area (Å²) >= 11 is 0. The average Bonchev–Trinajstić information content (AvgIpc) is 3.72. The van der Waals surface area contributed by atoms with Crippen LogP contribution in [-0.2, 0) is 13.0 Å². The van der Waals surface area contributed by atoms with Gasteiger partial charge in [0.05, 0.1) is 23.0 Å². The van der Waals surface area contributed by atoms with Crippen molar-refractivity contribution >= 4 is 40.1 Å². The van der Waals surface area contributed by atoms with Crippen molar-refractivity contribution < 1.29 is 4.79 Å². The van der Waals surface area contributed by atoms with Gasteiger partial charge < -0.3 is 5.32 Å². The van der Waals surface area contributed by atoms with Crippen LogP contribution in [0.2, 0.25) is 0 Å². The molecule has 7 heteroatoms. The monoisotopic (exact) mass is 576 g/mol. The van der Waals surface area contributed by atoms with E-state index in [0.717, 1.165) is 87.4 Å². The number of anilines is 2. The minimum Gasteiger partial charge on any atom is -0.338 e. The molecule has 4 heterocycles. The maximum absolute atomic E-state index is 11.4. The minimum atomic E-state index is 0.467. The zero-order valence-corrected chi connectivity index (χ0v) is 24.9. The molecule has 0 saturated carbocycles. The molecule has 1 N–H and O–H groups in total. The van der Waals surface area contributed by atoms with Crippen LogP contribution in [0.5, 0.6) is 0 Å². The number of aromatic nitrogens is 2. The smallest absolute Gasteiger partial charge is 0.156 e. The predicted molar refractivity (Wildman–Crippen MR) is 175 cm³/mol. The highest BCUT2D eigenvalue weighted by molar-refractivity contribution is 6.09. The maximum atomic E-state index is 11.4. The van der Waals surface area contributed by atoms with Gasteiger partial charge in [-0.3, -0.25) is 19.7 Å². The predicted octanol–water partition coefficient (Wildman–Crippen LogP) is 7.61. The lowest BCUT2D eigenvalue weighted by molar-refractivity contribution is 0.112. The van der Waals surface area contributed by atoms with Gasteiger partial charge in [-0.15, -0.1) is 0 Å². The van der Waals surface area contributed by atoms with Gasteiger partial charge in [0, 0.05) is 47.6 Å². The van der Waals surface area contributed by atoms with E-state index in [-0.39, 0.29) is 0 Å². The Balaban J connectivity index is 1.19. The van der Waals surface area contributed by atoms with Gasteiger partial charge in [0.25, 0.3) is 0 Å². The summed E-state index contributed by atoms with van der Waals surface area (Å²) < 4.78 is 0. The van der Waals surface area contributed by atoms with Gasteiger partial charge in [-0.1, -0.05) is 30.3 Å². The van der Waals surface area contributed by atoms with Crippen LogP contribution in [0.25, 0.3) is 22.0 Å². The van der Waals surface area contributed by atoms with Crippen LogP contribution in [0.3, 0.4) is 0 Å². The fourth-order valence-electron chi connectivity index (χ4n) is 6.55. The van der Waals surface area contributed by atoms with Crippen LogP contribution in [-0.4, -0.2) is 40.0 Å². The molecule has 7 nitrogen and oxygen atoms in total. The molecule has 2 aromatic heterocycles. The van der Waals surface area contributed by atoms with Crippen LogP contribution in [0.4, 0.5) is 17.2 Å². The SMILES string of the molecule is Cc1c(Nc2nccc3cc(CN4CCCC4)cnc23)cccc1-c1cccc(C2=Nc3cc(C=O)cc(C#N)c3C2)c1C. The van der Waals surface area contributed by atoms with Gasteiger partial charge in [0.15, 0.2) is 5.82 Å². The van der Waals surface area contributed by atoms with Crippen molar-refractivity contribution in [2.75, 3.05) is 18.4 Å². The van der Waals surface area contributed by atoms with Crippen molar-refractivity contribution in [1.29, 1.82) is 5.26 Å². The van der Waals surface area contributed by atoms with Crippen molar-refractivity contribution in [1.82, 2.24) is 14.9 Å². The molecular weight excluding hydrogens is 544 g/mol. The molecule has 44 heavy (non-hydrogen) atoms. The Morgan fingerprint density at radius 1 is 0.955 bits per heavy atom. The number of aliphatic imine (C=N–C) groups is 1. The van der Waals surface area contributed by atoms with Gasteiger partial charge >= 0.3 is 0 Å². The Morgan fingerprint density at radius 2 is 1.73 bits per heavy atom. The summed E-state index contributed by atoms with van der Waals surface area (Å²) in [4.78, 5) is 28.3. The van der Waals surface area contributed by atoms with Crippen LogP contribution in [0.1, 0.15) is 56.6 Å². The Kier molecular flexibility index (Phi) is 7.21. The van der Waals surface area contributed by atoms with Crippen molar-refractivity contribution in [3.63, 3.8) is 0 Å². The van der Waals surface area contributed by atoms with E-state index in [0.29, 0.717) is 23.2 Å². The molecular formula is C37H32N6O. The van der Waals surface area contributed by atoms with Crippen LogP contribution in [0.15, 0.2) is 78.0 Å². The van der Waals surface area contributed by atoms with Crippen molar-refractivity contribution in [3.8, 4) is 17.2 Å². The number of nitriles is 1. The third kappa shape index (κ3) is 5.04. The zero-order chi connectivity index (χ0) is 30.2. The van der Waals surface area contributed by atoms with Crippen molar-refractivity contribution in [2.24, 2.45) is 4.99 Å². The second-order valence-corrected chi connectivity index (χ2v) is 11.7. The molecule has 1 saturated heterocycles. The summed E-state index contributed by atoms with van der Waals surface area (Å²) in [5, 5.41) is 14.3. The molecule has 3 aromatic carbocycles. The summed E-state index contributed by atoms with van der Waals surface area (Å²) in [6, 6.07) is 22.5. The normalized spacial score (nSPS) is 14.3. The molecule has 5 aromatic rings. The lowest BCUT2D eigenvalue weighted by atomic mass is 9.90. The molecule has 0 spiro atoms. The fourth-order valence-corrected chi connectivity index (χ4v) is 6.55. The van der Waals surface area contributed by atoms with Crippen LogP contribution < -0.4 is 5.32 Å². The topological polar surface area (TPSA) is 94.3 Å². The number of pyridine rings is 2. The van der Waals surface area contributed by atoms with E-state index in [2.05, 4.69) is 77.6 Å². The Labute approximate surface area is 256 Å². The highest BCUT2D eigenvalue weighted by Gasteiger charge is 2.23. The Hall–Kier alpha value is -5.19. The van der Waals surface area contributed by atoms with E-state index < -0.39 is 0 Å². The third-order valence-electron chi connectivity index (χ3n) is 8.89. The molecule has 2 aliphatic heterocycles. The summed E-state index contributed by atoms with van der Waals surface area (Å²) in [6.07, 6.45) is 7.69. The summed E-state index contributed by atoms with van der Waals surface area (Å²) in [5.74, 6) is 0.738. The Morgan fingerprint density at radius 3 is 2.52 bits per heavy atom. The van der Waals surface area contributed by atoms with E-state index in [4.69, 9.17) is 9.98 Å². The van der Waals surface area contributed by atoms with Gasteiger partial charge in [0.1, 0.15) is 11.8 Å². The number of carbonyl (C=O) groups is 1. The molecule has 0 aliphatic carbocycles. The van der Waals surface area contributed by atoms with Crippen molar-refractivity contribution in [2.45, 2.75) is 39.7 Å². The van der Waals surface area contributed by atoms with E-state index in [1.807, 2.05) is 18.5 Å². The molecule has 2 aliphatic rings. The third-order valence-corrected chi connectivity index (χ3v) is 8.89. The minimum absolute atomic E-state index is 0.467. The number of rotatable bonds is 7. The van der Waals surface area contributed by atoms with Gasteiger partial charge in [-0.05, 0) is 103 Å². The second kappa shape index (κ2) is 11.5. The first-order valence-corrected chi connectivity index (χ1v) is 15.0. The van der Waals surface area contributed by atoms with E-state index in [1.165, 1.54) is 18.4 Å². The average molecular weight is 577 g/mol. The second-order valence-electron chi connectivity index (χ2n) is 11.7. The number of benzene rings is 3. The summed E-state index contributed by atoms with van der Waals surface area (Å²) in [5.41, 5.74) is 12.0. The first-order valence-electron chi connectivity index (χ1n) is 15.0. The number of likely N-dealkylation sites (tertiary alicyclic amines) is 1. The quantitative estimate of drug-likeness (QED) is 0.200. The number of hydrogen-bond acceptors (Lipinski definition) is 7. The maximum Gasteiger partial charge on any atom is 0.156 e. The summed E-state index contributed by atoms with van der Waals surface area (Å²) in [6.45, 7) is 7.50. The largest absolute Gasteiger partial charge is 0.338 e. The first kappa shape index (κ1) is 27.6. The number of aldehydes is 1. The Bertz CT molecular complexity index is 2020. The molecule has 1 fully saturated rings. The zero-order valence-electron chi connectivity index (χ0n) is 24.9. The van der Waals surface area contributed by atoms with Crippen LogP contribution in [0, 0.1) is 25.2 Å². The molecule has 0 bridgehead atoms. The van der Waals surface area contributed by atoms with Gasteiger partial charge in [-0.25, -0.2) is 4.98 Å².